The lowest BCUT2D eigenvalue weighted by Crippen LogP contribution is -2.05. The van der Waals surface area contributed by atoms with Crippen LogP contribution in [0, 0.1) is 11.3 Å². The fourth-order valence-corrected chi connectivity index (χ4v) is 9.45. The second-order valence-corrected chi connectivity index (χ2v) is 15.9. The summed E-state index contributed by atoms with van der Waals surface area (Å²) in [5, 5.41) is 15.2. The van der Waals surface area contributed by atoms with E-state index in [-0.39, 0.29) is 0 Å². The quantitative estimate of drug-likeness (QED) is 0.161. The molecule has 0 spiro atoms. The number of para-hydroxylation sites is 2. The molecule has 0 aliphatic heterocycles. The monoisotopic (exact) mass is 816 g/mol. The van der Waals surface area contributed by atoms with Crippen LogP contribution in [0.5, 0.6) is 0 Å². The van der Waals surface area contributed by atoms with E-state index in [1.54, 1.807) is 0 Å². The predicted octanol–water partition coefficient (Wildman–Crippen LogP) is 15.3. The number of fused-ring (bicyclic) bond motifs is 7. The van der Waals surface area contributed by atoms with Gasteiger partial charge in [0.2, 0.25) is 0 Å². The van der Waals surface area contributed by atoms with Crippen LogP contribution in [0.3, 0.4) is 0 Å². The summed E-state index contributed by atoms with van der Waals surface area (Å²) >= 11 is 0. The Morgan fingerprint density at radius 2 is 0.891 bits per heavy atom. The van der Waals surface area contributed by atoms with Crippen LogP contribution in [0.25, 0.3) is 117 Å². The molecule has 0 aliphatic carbocycles. The van der Waals surface area contributed by atoms with Gasteiger partial charge in [-0.05, 0) is 40.5 Å². The zero-order valence-corrected chi connectivity index (χ0v) is 34.5. The Bertz CT molecular complexity index is 3700. The van der Waals surface area contributed by atoms with Crippen molar-refractivity contribution in [3.8, 4) is 79.0 Å². The molecule has 0 bridgehead atoms. The molecule has 0 saturated carbocycles. The molecule has 64 heavy (non-hydrogen) atoms. The molecule has 298 valence electrons. The molecule has 0 saturated heterocycles. The van der Waals surface area contributed by atoms with Gasteiger partial charge in [-0.15, -0.1) is 0 Å². The number of rotatable bonds is 7. The van der Waals surface area contributed by atoms with Gasteiger partial charge in [0, 0.05) is 49.4 Å². The Kier molecular flexibility index (Phi) is 8.81. The molecule has 0 N–H and O–H groups in total. The summed E-state index contributed by atoms with van der Waals surface area (Å²) in [5.74, 6) is 0.512. The van der Waals surface area contributed by atoms with Gasteiger partial charge in [0.1, 0.15) is 17.2 Å². The highest BCUT2D eigenvalue weighted by atomic mass is 16.3. The summed E-state index contributed by atoms with van der Waals surface area (Å²) in [4.78, 5) is 10.9. The van der Waals surface area contributed by atoms with E-state index >= 15 is 0 Å². The van der Waals surface area contributed by atoms with Crippen molar-refractivity contribution in [2.24, 2.45) is 0 Å². The minimum Gasteiger partial charge on any atom is -0.453 e. The van der Waals surface area contributed by atoms with Crippen LogP contribution in [0.4, 0.5) is 0 Å². The summed E-state index contributed by atoms with van der Waals surface area (Å²) in [5.41, 5.74) is 14.8. The van der Waals surface area contributed by atoms with Crippen molar-refractivity contribution >= 4 is 43.7 Å². The summed E-state index contributed by atoms with van der Waals surface area (Å²) in [6.07, 6.45) is 0. The van der Waals surface area contributed by atoms with Crippen molar-refractivity contribution in [3.05, 3.63) is 224 Å². The van der Waals surface area contributed by atoms with E-state index in [0.717, 1.165) is 99.5 Å². The smallest absolute Gasteiger partial charge is 0.161 e. The van der Waals surface area contributed by atoms with Gasteiger partial charge in [-0.1, -0.05) is 200 Å². The number of hydrogen-bond donors (Lipinski definition) is 0. The first-order valence-electron chi connectivity index (χ1n) is 21.4. The minimum absolute atomic E-state index is 0.421. The molecule has 5 heteroatoms. The molecule has 5 nitrogen and oxygen atoms in total. The van der Waals surface area contributed by atoms with Gasteiger partial charge in [-0.3, -0.25) is 0 Å². The number of nitrogens with zero attached hydrogens (tertiary/aromatic N) is 4. The Labute approximate surface area is 369 Å². The first-order chi connectivity index (χ1) is 31.7. The summed E-state index contributed by atoms with van der Waals surface area (Å²) in [7, 11) is 0. The van der Waals surface area contributed by atoms with E-state index in [2.05, 4.69) is 150 Å². The third-order valence-corrected chi connectivity index (χ3v) is 12.3. The van der Waals surface area contributed by atoms with Crippen molar-refractivity contribution < 1.29 is 4.42 Å². The summed E-state index contributed by atoms with van der Waals surface area (Å²) in [6.45, 7) is 0. The Hall–Kier alpha value is -8.85. The highest BCUT2D eigenvalue weighted by Gasteiger charge is 2.28. The van der Waals surface area contributed by atoms with E-state index in [4.69, 9.17) is 14.4 Å². The van der Waals surface area contributed by atoms with Crippen molar-refractivity contribution in [1.82, 2.24) is 14.5 Å². The molecule has 0 unspecified atom stereocenters. The molecular formula is C59H36N4O. The Morgan fingerprint density at radius 3 is 1.50 bits per heavy atom. The molecule has 0 aliphatic rings. The lowest BCUT2D eigenvalue weighted by Gasteiger charge is -2.22. The Balaban J connectivity index is 1.26. The molecule has 3 heterocycles. The second-order valence-electron chi connectivity index (χ2n) is 15.9. The Morgan fingerprint density at radius 1 is 0.391 bits per heavy atom. The highest BCUT2D eigenvalue weighted by molar-refractivity contribution is 6.23. The molecule has 12 aromatic rings. The molecule has 0 amide bonds. The average Bonchev–Trinajstić information content (AvgIpc) is 3.93. The molecule has 12 rings (SSSR count). The van der Waals surface area contributed by atoms with Gasteiger partial charge in [0.25, 0.3) is 0 Å². The number of aromatic nitrogens is 3. The van der Waals surface area contributed by atoms with Crippen LogP contribution < -0.4 is 0 Å². The standard InChI is InChI=1S/C59H36N4O/c60-37-49-54(41-25-12-4-13-26-41)61-59(62-55(49)42-27-14-5-15-28-42)53-43(38-19-6-1-7-20-38)35-36-51(52(53)40-23-10-3-11-24-40)63-50-32-17-16-29-45(50)46-33-34-48-47-31-18-30-44(39-21-8-2-9-22-39)57(47)64-58(48)56(46)63/h1-36H. The van der Waals surface area contributed by atoms with Gasteiger partial charge in [0.05, 0.1) is 28.1 Å². The first kappa shape index (κ1) is 37.0. The predicted molar refractivity (Wildman–Crippen MR) is 261 cm³/mol. The zero-order chi connectivity index (χ0) is 42.6. The fourth-order valence-electron chi connectivity index (χ4n) is 9.45. The molecule has 0 radical (unpaired) electrons. The van der Waals surface area contributed by atoms with Gasteiger partial charge < -0.3 is 8.98 Å². The normalized spacial score (nSPS) is 11.4. The van der Waals surface area contributed by atoms with Crippen LogP contribution in [-0.2, 0) is 0 Å². The average molecular weight is 817 g/mol. The second kappa shape index (κ2) is 15.3. The number of furan rings is 1. The SMILES string of the molecule is N#Cc1c(-c2ccccc2)nc(-c2c(-c3ccccc3)ccc(-n3c4ccccc4c4ccc5c6cccc(-c7ccccc7)c6oc5c43)c2-c2ccccc2)nc1-c1ccccc1. The van der Waals surface area contributed by atoms with Gasteiger partial charge >= 0.3 is 0 Å². The number of nitriles is 1. The molecule has 9 aromatic carbocycles. The highest BCUT2D eigenvalue weighted by Crippen LogP contribution is 2.48. The summed E-state index contributed by atoms with van der Waals surface area (Å²) in [6, 6.07) is 77.7. The van der Waals surface area contributed by atoms with Crippen LogP contribution >= 0.6 is 0 Å². The van der Waals surface area contributed by atoms with Crippen LogP contribution in [0.2, 0.25) is 0 Å². The van der Waals surface area contributed by atoms with Gasteiger partial charge in [-0.25, -0.2) is 9.97 Å². The molecular weight excluding hydrogens is 781 g/mol. The minimum atomic E-state index is 0.421. The van der Waals surface area contributed by atoms with Gasteiger partial charge in [0.15, 0.2) is 11.4 Å². The maximum Gasteiger partial charge on any atom is 0.161 e. The fraction of sp³-hybridized carbons (Fsp3) is 0. The third kappa shape index (κ3) is 5.93. The van der Waals surface area contributed by atoms with Crippen molar-refractivity contribution in [1.29, 1.82) is 5.26 Å². The van der Waals surface area contributed by atoms with E-state index in [9.17, 15) is 5.26 Å². The van der Waals surface area contributed by atoms with E-state index in [1.807, 2.05) is 78.9 Å². The van der Waals surface area contributed by atoms with Crippen molar-refractivity contribution in [3.63, 3.8) is 0 Å². The van der Waals surface area contributed by atoms with E-state index < -0.39 is 0 Å². The first-order valence-corrected chi connectivity index (χ1v) is 21.4. The lowest BCUT2D eigenvalue weighted by molar-refractivity contribution is 0.672. The third-order valence-electron chi connectivity index (χ3n) is 12.3. The zero-order valence-electron chi connectivity index (χ0n) is 34.5. The van der Waals surface area contributed by atoms with Crippen LogP contribution in [0.1, 0.15) is 5.56 Å². The summed E-state index contributed by atoms with van der Waals surface area (Å²) < 4.78 is 9.55. The number of hydrogen-bond acceptors (Lipinski definition) is 4. The van der Waals surface area contributed by atoms with Crippen LogP contribution in [-0.4, -0.2) is 14.5 Å². The molecule has 0 atom stereocenters. The van der Waals surface area contributed by atoms with Gasteiger partial charge in [-0.2, -0.15) is 5.26 Å². The maximum atomic E-state index is 10.9. The molecule has 0 fully saturated rings. The van der Waals surface area contributed by atoms with E-state index in [0.29, 0.717) is 22.8 Å². The number of benzene rings is 9. The molecule has 3 aromatic heterocycles. The van der Waals surface area contributed by atoms with Crippen molar-refractivity contribution in [2.45, 2.75) is 0 Å². The maximum absolute atomic E-state index is 10.9. The topological polar surface area (TPSA) is 67.6 Å². The van der Waals surface area contributed by atoms with Crippen molar-refractivity contribution in [2.75, 3.05) is 0 Å². The van der Waals surface area contributed by atoms with Crippen LogP contribution in [0.15, 0.2) is 223 Å². The van der Waals surface area contributed by atoms with E-state index in [1.165, 1.54) is 0 Å². The largest absolute Gasteiger partial charge is 0.453 e. The lowest BCUT2D eigenvalue weighted by atomic mass is 9.89.